The van der Waals surface area contributed by atoms with Crippen LogP contribution in [0.4, 0.5) is 0 Å². The molecule has 2 aromatic heterocycles. The molecular formula is C22H29N5O4S. The molecule has 0 radical (unpaired) electrons. The van der Waals surface area contributed by atoms with Gasteiger partial charge < -0.3 is 4.52 Å². The first-order chi connectivity index (χ1) is 15.2. The Bertz CT molecular complexity index is 1270. The van der Waals surface area contributed by atoms with Crippen molar-refractivity contribution in [3.05, 3.63) is 51.6 Å². The van der Waals surface area contributed by atoms with Crippen LogP contribution in [0.5, 0.6) is 0 Å². The lowest BCUT2D eigenvalue weighted by atomic mass is 9.99. The molecule has 9 nitrogen and oxygen atoms in total. The van der Waals surface area contributed by atoms with Crippen LogP contribution in [-0.4, -0.2) is 58.7 Å². The van der Waals surface area contributed by atoms with Crippen LogP contribution in [0, 0.1) is 13.8 Å². The zero-order valence-corrected chi connectivity index (χ0v) is 19.7. The van der Waals surface area contributed by atoms with Crippen molar-refractivity contribution in [2.75, 3.05) is 26.2 Å². The highest BCUT2D eigenvalue weighted by molar-refractivity contribution is 7.89. The molecule has 1 atom stereocenters. The van der Waals surface area contributed by atoms with Crippen LogP contribution in [0.3, 0.4) is 0 Å². The maximum absolute atomic E-state index is 13.1. The van der Waals surface area contributed by atoms with E-state index in [2.05, 4.69) is 24.1 Å². The molecule has 10 heteroatoms. The Morgan fingerprint density at radius 2 is 1.75 bits per heavy atom. The quantitative estimate of drug-likeness (QED) is 0.558. The van der Waals surface area contributed by atoms with Crippen molar-refractivity contribution < 1.29 is 12.9 Å². The molecule has 1 saturated heterocycles. The van der Waals surface area contributed by atoms with Gasteiger partial charge in [-0.1, -0.05) is 31.1 Å². The van der Waals surface area contributed by atoms with Gasteiger partial charge in [-0.15, -0.1) is 0 Å². The molecule has 32 heavy (non-hydrogen) atoms. The second-order valence-electron chi connectivity index (χ2n) is 8.39. The lowest BCUT2D eigenvalue weighted by Gasteiger charge is -2.33. The number of hydrogen-bond acceptors (Lipinski definition) is 7. The highest BCUT2D eigenvalue weighted by Gasteiger charge is 2.29. The van der Waals surface area contributed by atoms with Crippen LogP contribution in [0.15, 0.2) is 38.5 Å². The average Bonchev–Trinajstić information content (AvgIpc) is 3.19. The topological polar surface area (TPSA) is 102 Å². The maximum atomic E-state index is 13.1. The molecule has 1 fully saturated rings. The second kappa shape index (κ2) is 8.76. The van der Waals surface area contributed by atoms with Crippen molar-refractivity contribution >= 4 is 20.9 Å². The van der Waals surface area contributed by atoms with E-state index < -0.39 is 10.0 Å². The summed E-state index contributed by atoms with van der Waals surface area (Å²) in [6.45, 7) is 9.82. The molecule has 1 aliphatic rings. The van der Waals surface area contributed by atoms with E-state index in [1.54, 1.807) is 19.1 Å². The van der Waals surface area contributed by atoms with E-state index in [1.165, 1.54) is 8.99 Å². The molecule has 1 unspecified atom stereocenters. The minimum Gasteiger partial charge on any atom is -0.360 e. The fraction of sp³-hybridized carbons (Fsp3) is 0.500. The Balaban J connectivity index is 1.45. The van der Waals surface area contributed by atoms with Gasteiger partial charge in [-0.05, 0) is 43.9 Å². The largest absolute Gasteiger partial charge is 0.360 e. The van der Waals surface area contributed by atoms with Gasteiger partial charge in [0.05, 0.1) is 22.6 Å². The first kappa shape index (κ1) is 22.6. The van der Waals surface area contributed by atoms with Gasteiger partial charge in [0.25, 0.3) is 5.56 Å². The summed E-state index contributed by atoms with van der Waals surface area (Å²) in [6.07, 6.45) is 1.01. The summed E-state index contributed by atoms with van der Waals surface area (Å²) in [4.78, 5) is 15.1. The Kier molecular flexibility index (Phi) is 6.19. The third-order valence-corrected chi connectivity index (χ3v) is 8.21. The normalized spacial score (nSPS) is 17.1. The van der Waals surface area contributed by atoms with Crippen molar-refractivity contribution in [3.8, 4) is 0 Å². The van der Waals surface area contributed by atoms with E-state index in [0.29, 0.717) is 53.8 Å². The Labute approximate surface area is 187 Å². The lowest BCUT2D eigenvalue weighted by molar-refractivity contribution is 0.143. The number of benzene rings is 1. The van der Waals surface area contributed by atoms with E-state index in [-0.39, 0.29) is 17.7 Å². The molecule has 0 amide bonds. The van der Waals surface area contributed by atoms with Gasteiger partial charge in [0, 0.05) is 26.2 Å². The highest BCUT2D eigenvalue weighted by atomic mass is 32.2. The van der Waals surface area contributed by atoms with Crippen LogP contribution in [0.25, 0.3) is 10.9 Å². The molecule has 0 aliphatic carbocycles. The highest BCUT2D eigenvalue weighted by Crippen LogP contribution is 2.23. The molecule has 1 aliphatic heterocycles. The number of hydrogen-bond donors (Lipinski definition) is 0. The second-order valence-corrected chi connectivity index (χ2v) is 10.3. The van der Waals surface area contributed by atoms with Gasteiger partial charge in [-0.25, -0.2) is 13.1 Å². The van der Waals surface area contributed by atoms with Crippen LogP contribution in [-0.2, 0) is 16.7 Å². The average molecular weight is 460 g/mol. The van der Waals surface area contributed by atoms with E-state index in [4.69, 9.17) is 4.52 Å². The van der Waals surface area contributed by atoms with Crippen LogP contribution in [0.1, 0.15) is 43.2 Å². The van der Waals surface area contributed by atoms with Crippen LogP contribution in [0.2, 0.25) is 0 Å². The van der Waals surface area contributed by atoms with Gasteiger partial charge in [-0.2, -0.15) is 9.40 Å². The van der Waals surface area contributed by atoms with E-state index in [9.17, 15) is 13.2 Å². The maximum Gasteiger partial charge on any atom is 0.298 e. The molecule has 3 heterocycles. The SMILES string of the molecule is CCC(C)c1ccc(S(=O)(=O)N2CCN(Cn3nc(C)c4c(C)onc4c3=O)CC2)cc1. The predicted octanol–water partition coefficient (Wildman–Crippen LogP) is 2.48. The smallest absolute Gasteiger partial charge is 0.298 e. The number of sulfonamides is 1. The van der Waals surface area contributed by atoms with Gasteiger partial charge in [0.1, 0.15) is 5.76 Å². The Hall–Kier alpha value is -2.56. The van der Waals surface area contributed by atoms with Gasteiger partial charge in [0.2, 0.25) is 10.0 Å². The molecule has 3 aromatic rings. The van der Waals surface area contributed by atoms with E-state index in [1.807, 2.05) is 24.0 Å². The van der Waals surface area contributed by atoms with Crippen molar-refractivity contribution in [1.29, 1.82) is 0 Å². The Morgan fingerprint density at radius 3 is 2.38 bits per heavy atom. The minimum absolute atomic E-state index is 0.275. The summed E-state index contributed by atoms with van der Waals surface area (Å²) in [7, 11) is -3.55. The van der Waals surface area contributed by atoms with Crippen molar-refractivity contribution in [3.63, 3.8) is 0 Å². The van der Waals surface area contributed by atoms with Gasteiger partial charge >= 0.3 is 0 Å². The molecule has 172 valence electrons. The first-order valence-electron chi connectivity index (χ1n) is 10.9. The minimum atomic E-state index is -3.55. The number of aromatic nitrogens is 3. The third kappa shape index (κ3) is 4.10. The molecule has 0 N–H and O–H groups in total. The number of nitrogens with zero attached hydrogens (tertiary/aromatic N) is 5. The first-order valence-corrected chi connectivity index (χ1v) is 12.3. The van der Waals surface area contributed by atoms with Gasteiger partial charge in [0.15, 0.2) is 5.52 Å². The van der Waals surface area contributed by atoms with Crippen LogP contribution < -0.4 is 5.56 Å². The standard InChI is InChI=1S/C22H29N5O4S/c1-5-15(2)18-6-8-19(9-7-18)32(29,30)26-12-10-25(11-13-26)14-27-22(28)21-20(16(3)23-27)17(4)31-24-21/h6-9,15H,5,10-14H2,1-4H3. The number of rotatable bonds is 6. The molecular weight excluding hydrogens is 430 g/mol. The monoisotopic (exact) mass is 459 g/mol. The van der Waals surface area contributed by atoms with Crippen molar-refractivity contribution in [1.82, 2.24) is 24.1 Å². The third-order valence-electron chi connectivity index (χ3n) is 6.30. The Morgan fingerprint density at radius 1 is 1.09 bits per heavy atom. The van der Waals surface area contributed by atoms with Crippen LogP contribution >= 0.6 is 0 Å². The zero-order valence-electron chi connectivity index (χ0n) is 18.9. The van der Waals surface area contributed by atoms with E-state index >= 15 is 0 Å². The summed E-state index contributed by atoms with van der Waals surface area (Å²) in [5, 5.41) is 8.94. The summed E-state index contributed by atoms with van der Waals surface area (Å²) >= 11 is 0. The summed E-state index contributed by atoms with van der Waals surface area (Å²) in [5.74, 6) is 0.974. The fourth-order valence-electron chi connectivity index (χ4n) is 4.09. The van der Waals surface area contributed by atoms with Crippen molar-refractivity contribution in [2.45, 2.75) is 51.6 Å². The summed E-state index contributed by atoms with van der Waals surface area (Å²) in [5.41, 5.74) is 1.79. The number of piperazine rings is 1. The number of aryl methyl sites for hydroxylation is 2. The fourth-order valence-corrected chi connectivity index (χ4v) is 5.51. The lowest BCUT2D eigenvalue weighted by Crippen LogP contribution is -2.49. The molecule has 0 saturated carbocycles. The summed E-state index contributed by atoms with van der Waals surface area (Å²) in [6, 6.07) is 7.20. The number of fused-ring (bicyclic) bond motifs is 1. The van der Waals surface area contributed by atoms with E-state index in [0.717, 1.165) is 12.0 Å². The van der Waals surface area contributed by atoms with Crippen molar-refractivity contribution in [2.24, 2.45) is 0 Å². The zero-order chi connectivity index (χ0) is 23.0. The van der Waals surface area contributed by atoms with Gasteiger partial charge in [-0.3, -0.25) is 9.69 Å². The molecule has 4 rings (SSSR count). The molecule has 1 aromatic carbocycles. The molecule has 0 bridgehead atoms. The predicted molar refractivity (Wildman–Crippen MR) is 121 cm³/mol. The summed E-state index contributed by atoms with van der Waals surface area (Å²) < 4.78 is 34.2. The molecule has 0 spiro atoms.